The molecular weight excluding hydrogens is 260 g/mol. The molecule has 0 aliphatic carbocycles. The monoisotopic (exact) mass is 267 g/mol. The van der Waals surface area contributed by atoms with Crippen molar-refractivity contribution in [3.63, 3.8) is 0 Å². The molecule has 0 saturated heterocycles. The van der Waals surface area contributed by atoms with Gasteiger partial charge in [-0.1, -0.05) is 23.7 Å². The first kappa shape index (κ1) is 12.5. The predicted molar refractivity (Wildman–Crippen MR) is 65.8 cm³/mol. The molecule has 0 aliphatic rings. The Hall–Kier alpha value is -1.94. The largest absolute Gasteiger partial charge is 0.319 e. The number of carbonyl (C=O) groups excluding carboxylic acids is 1. The Morgan fingerprint density at radius 2 is 1.78 bits per heavy atom. The van der Waals surface area contributed by atoms with Crippen LogP contribution < -0.4 is 5.32 Å². The molecule has 2 aromatic carbocycles. The second-order valence-corrected chi connectivity index (χ2v) is 3.99. The molecule has 2 aromatic rings. The highest BCUT2D eigenvalue weighted by atomic mass is 35.5. The molecule has 0 unspecified atom stereocenters. The number of halogens is 3. The number of carbonyl (C=O) groups is 1. The summed E-state index contributed by atoms with van der Waals surface area (Å²) < 4.78 is 26.8. The van der Waals surface area contributed by atoms with Crippen LogP contribution in [-0.4, -0.2) is 5.91 Å². The molecule has 0 fully saturated rings. The standard InChI is InChI=1S/C13H8ClF2NO/c14-8-5-6-9(11(16)7-8)13(18)17-12-4-2-1-3-10(12)15/h1-7H,(H,17,18). The number of nitrogens with one attached hydrogen (secondary N) is 1. The van der Waals surface area contributed by atoms with E-state index in [-0.39, 0.29) is 16.3 Å². The van der Waals surface area contributed by atoms with Crippen LogP contribution in [-0.2, 0) is 0 Å². The third-order valence-electron chi connectivity index (χ3n) is 2.30. The van der Waals surface area contributed by atoms with Gasteiger partial charge in [-0.2, -0.15) is 0 Å². The van der Waals surface area contributed by atoms with Gasteiger partial charge in [-0.25, -0.2) is 8.78 Å². The van der Waals surface area contributed by atoms with Crippen molar-refractivity contribution in [2.24, 2.45) is 0 Å². The zero-order chi connectivity index (χ0) is 13.1. The summed E-state index contributed by atoms with van der Waals surface area (Å²) in [4.78, 5) is 11.7. The van der Waals surface area contributed by atoms with E-state index in [1.807, 2.05) is 0 Å². The van der Waals surface area contributed by atoms with Crippen molar-refractivity contribution in [3.8, 4) is 0 Å². The lowest BCUT2D eigenvalue weighted by atomic mass is 10.2. The van der Waals surface area contributed by atoms with E-state index in [9.17, 15) is 13.6 Å². The highest BCUT2D eigenvalue weighted by molar-refractivity contribution is 6.30. The highest BCUT2D eigenvalue weighted by Gasteiger charge is 2.13. The number of para-hydroxylation sites is 1. The normalized spacial score (nSPS) is 10.2. The number of amides is 1. The molecule has 0 spiro atoms. The van der Waals surface area contributed by atoms with Gasteiger partial charge in [0.05, 0.1) is 11.3 Å². The van der Waals surface area contributed by atoms with Crippen molar-refractivity contribution in [3.05, 3.63) is 64.7 Å². The van der Waals surface area contributed by atoms with E-state index in [1.54, 1.807) is 6.07 Å². The molecule has 18 heavy (non-hydrogen) atoms. The van der Waals surface area contributed by atoms with Crippen LogP contribution in [0.3, 0.4) is 0 Å². The number of benzene rings is 2. The Balaban J connectivity index is 2.25. The molecule has 0 aromatic heterocycles. The fourth-order valence-electron chi connectivity index (χ4n) is 1.43. The third-order valence-corrected chi connectivity index (χ3v) is 2.53. The van der Waals surface area contributed by atoms with Gasteiger partial charge < -0.3 is 5.32 Å². The molecular formula is C13H8ClF2NO. The van der Waals surface area contributed by atoms with Crippen LogP contribution in [0.2, 0.25) is 5.02 Å². The summed E-state index contributed by atoms with van der Waals surface area (Å²) in [5, 5.41) is 2.48. The van der Waals surface area contributed by atoms with Crippen molar-refractivity contribution in [2.45, 2.75) is 0 Å². The first-order valence-electron chi connectivity index (χ1n) is 5.09. The second kappa shape index (κ2) is 5.14. The highest BCUT2D eigenvalue weighted by Crippen LogP contribution is 2.18. The van der Waals surface area contributed by atoms with Gasteiger partial charge in [0.25, 0.3) is 5.91 Å². The Morgan fingerprint density at radius 3 is 2.44 bits per heavy atom. The Morgan fingerprint density at radius 1 is 1.06 bits per heavy atom. The van der Waals surface area contributed by atoms with Gasteiger partial charge >= 0.3 is 0 Å². The Kier molecular flexibility index (Phi) is 3.58. The smallest absolute Gasteiger partial charge is 0.258 e. The summed E-state index contributed by atoms with van der Waals surface area (Å²) in [5.74, 6) is -2.06. The van der Waals surface area contributed by atoms with E-state index in [1.165, 1.54) is 30.3 Å². The number of hydrogen-bond acceptors (Lipinski definition) is 1. The molecule has 2 rings (SSSR count). The van der Waals surface area contributed by atoms with E-state index >= 15 is 0 Å². The molecule has 0 bridgehead atoms. The lowest BCUT2D eigenvalue weighted by Gasteiger charge is -2.07. The minimum atomic E-state index is -0.753. The SMILES string of the molecule is O=C(Nc1ccccc1F)c1ccc(Cl)cc1F. The van der Waals surface area contributed by atoms with Crippen molar-refractivity contribution < 1.29 is 13.6 Å². The quantitative estimate of drug-likeness (QED) is 0.879. The fourth-order valence-corrected chi connectivity index (χ4v) is 1.58. The Labute approximate surface area is 107 Å². The van der Waals surface area contributed by atoms with E-state index in [0.29, 0.717) is 0 Å². The van der Waals surface area contributed by atoms with Crippen LogP contribution in [0, 0.1) is 11.6 Å². The van der Waals surface area contributed by atoms with E-state index in [4.69, 9.17) is 11.6 Å². The average Bonchev–Trinajstić information content (AvgIpc) is 2.32. The maximum atomic E-state index is 13.5. The predicted octanol–water partition coefficient (Wildman–Crippen LogP) is 3.87. The Bertz CT molecular complexity index is 601. The zero-order valence-corrected chi connectivity index (χ0v) is 9.84. The van der Waals surface area contributed by atoms with Crippen LogP contribution in [0.5, 0.6) is 0 Å². The van der Waals surface area contributed by atoms with Gasteiger partial charge in [0.15, 0.2) is 0 Å². The van der Waals surface area contributed by atoms with Gasteiger partial charge in [0.2, 0.25) is 0 Å². The van der Waals surface area contributed by atoms with Crippen LogP contribution in [0.4, 0.5) is 14.5 Å². The molecule has 0 atom stereocenters. The minimum absolute atomic E-state index is 0.00292. The third kappa shape index (κ3) is 2.65. The van der Waals surface area contributed by atoms with Crippen LogP contribution in [0.1, 0.15) is 10.4 Å². The van der Waals surface area contributed by atoms with Crippen molar-refractivity contribution in [2.75, 3.05) is 5.32 Å². The molecule has 2 nitrogen and oxygen atoms in total. The summed E-state index contributed by atoms with van der Waals surface area (Å²) in [6, 6.07) is 9.31. The fraction of sp³-hybridized carbons (Fsp3) is 0. The molecule has 5 heteroatoms. The lowest BCUT2D eigenvalue weighted by Crippen LogP contribution is -2.14. The summed E-state index contributed by atoms with van der Waals surface area (Å²) in [5.41, 5.74) is -0.195. The van der Waals surface area contributed by atoms with E-state index in [0.717, 1.165) is 6.07 Å². The van der Waals surface area contributed by atoms with Gasteiger partial charge in [0, 0.05) is 5.02 Å². The van der Waals surface area contributed by atoms with Crippen LogP contribution in [0.15, 0.2) is 42.5 Å². The number of hydrogen-bond donors (Lipinski definition) is 1. The van der Waals surface area contributed by atoms with E-state index < -0.39 is 17.5 Å². The summed E-state index contributed by atoms with van der Waals surface area (Å²) in [6.45, 7) is 0. The molecule has 0 aliphatic heterocycles. The number of anilines is 1. The van der Waals surface area contributed by atoms with Crippen LogP contribution >= 0.6 is 11.6 Å². The molecule has 0 radical (unpaired) electrons. The second-order valence-electron chi connectivity index (χ2n) is 3.56. The van der Waals surface area contributed by atoms with Gasteiger partial charge in [-0.15, -0.1) is 0 Å². The van der Waals surface area contributed by atoms with Gasteiger partial charge in [-0.3, -0.25) is 4.79 Å². The molecule has 92 valence electrons. The summed E-state index contributed by atoms with van der Waals surface area (Å²) in [7, 11) is 0. The first-order valence-corrected chi connectivity index (χ1v) is 5.46. The summed E-state index contributed by atoms with van der Waals surface area (Å²) >= 11 is 5.58. The van der Waals surface area contributed by atoms with Crippen molar-refractivity contribution in [1.82, 2.24) is 0 Å². The minimum Gasteiger partial charge on any atom is -0.319 e. The molecule has 0 heterocycles. The van der Waals surface area contributed by atoms with Gasteiger partial charge in [0.1, 0.15) is 11.6 Å². The van der Waals surface area contributed by atoms with Crippen molar-refractivity contribution in [1.29, 1.82) is 0 Å². The average molecular weight is 268 g/mol. The lowest BCUT2D eigenvalue weighted by molar-refractivity contribution is 0.102. The van der Waals surface area contributed by atoms with Crippen molar-refractivity contribution >= 4 is 23.2 Å². The number of rotatable bonds is 2. The maximum Gasteiger partial charge on any atom is 0.258 e. The zero-order valence-electron chi connectivity index (χ0n) is 9.08. The van der Waals surface area contributed by atoms with E-state index in [2.05, 4.69) is 5.32 Å². The molecule has 1 N–H and O–H groups in total. The summed E-state index contributed by atoms with van der Waals surface area (Å²) in [6.07, 6.45) is 0. The topological polar surface area (TPSA) is 29.1 Å². The van der Waals surface area contributed by atoms with Crippen LogP contribution in [0.25, 0.3) is 0 Å². The molecule has 1 amide bonds. The maximum absolute atomic E-state index is 13.5. The molecule has 0 saturated carbocycles. The van der Waals surface area contributed by atoms with Gasteiger partial charge in [-0.05, 0) is 30.3 Å². The first-order chi connectivity index (χ1) is 8.58.